The average Bonchev–Trinajstić information content (AvgIpc) is 2.97. The molecule has 6 nitrogen and oxygen atoms in total. The predicted molar refractivity (Wildman–Crippen MR) is 84.5 cm³/mol. The molecular formula is C16H17ClN2O4. The molecule has 1 aromatic heterocycles. The van der Waals surface area contributed by atoms with Crippen LogP contribution in [-0.4, -0.2) is 22.1 Å². The molecule has 2 rings (SSSR count). The highest BCUT2D eigenvalue weighted by Gasteiger charge is 2.21. The van der Waals surface area contributed by atoms with Crippen LogP contribution >= 0.6 is 11.6 Å². The fraction of sp³-hybridized carbons (Fsp3) is 0.312. The maximum absolute atomic E-state index is 12.3. The van der Waals surface area contributed by atoms with Crippen LogP contribution in [-0.2, 0) is 4.79 Å². The molecule has 7 heteroatoms. The highest BCUT2D eigenvalue weighted by atomic mass is 35.5. The lowest BCUT2D eigenvalue weighted by atomic mass is 10.0. The maximum atomic E-state index is 12.3. The van der Waals surface area contributed by atoms with Gasteiger partial charge in [0.1, 0.15) is 5.76 Å². The number of amides is 1. The van der Waals surface area contributed by atoms with Gasteiger partial charge in [0, 0.05) is 17.0 Å². The van der Waals surface area contributed by atoms with E-state index in [0.717, 1.165) is 0 Å². The van der Waals surface area contributed by atoms with Gasteiger partial charge >= 0.3 is 5.97 Å². The van der Waals surface area contributed by atoms with Crippen molar-refractivity contribution in [1.82, 2.24) is 10.5 Å². The van der Waals surface area contributed by atoms with Crippen molar-refractivity contribution in [3.63, 3.8) is 0 Å². The number of hydrogen-bond acceptors (Lipinski definition) is 4. The fourth-order valence-corrected chi connectivity index (χ4v) is 2.15. The molecule has 1 atom stereocenters. The molecule has 0 saturated heterocycles. The van der Waals surface area contributed by atoms with Gasteiger partial charge < -0.3 is 14.9 Å². The highest BCUT2D eigenvalue weighted by molar-refractivity contribution is 6.30. The van der Waals surface area contributed by atoms with Crippen molar-refractivity contribution in [3.05, 3.63) is 52.4 Å². The summed E-state index contributed by atoms with van der Waals surface area (Å²) in [6.45, 7) is 3.84. The van der Waals surface area contributed by atoms with Gasteiger partial charge in [-0.05, 0) is 17.7 Å². The van der Waals surface area contributed by atoms with Crippen LogP contribution in [0.4, 0.5) is 0 Å². The average molecular weight is 337 g/mol. The molecule has 122 valence electrons. The van der Waals surface area contributed by atoms with E-state index in [1.807, 2.05) is 13.8 Å². The first-order chi connectivity index (χ1) is 10.9. The molecule has 23 heavy (non-hydrogen) atoms. The van der Waals surface area contributed by atoms with Crippen LogP contribution in [0.5, 0.6) is 0 Å². The summed E-state index contributed by atoms with van der Waals surface area (Å²) in [5, 5.41) is 16.0. The molecule has 2 aromatic rings. The highest BCUT2D eigenvalue weighted by Crippen LogP contribution is 2.21. The van der Waals surface area contributed by atoms with Gasteiger partial charge in [-0.15, -0.1) is 0 Å². The minimum absolute atomic E-state index is 0.107. The van der Waals surface area contributed by atoms with E-state index in [1.54, 1.807) is 30.3 Å². The second kappa shape index (κ2) is 7.28. The Bertz CT molecular complexity index is 694. The maximum Gasteiger partial charge on any atom is 0.305 e. The first-order valence-electron chi connectivity index (χ1n) is 7.11. The molecule has 0 aliphatic rings. The quantitative estimate of drug-likeness (QED) is 0.843. The number of carboxylic acids is 1. The SMILES string of the molecule is CC(C)c1cc(C(=O)N[C@@H](CC(=O)O)c2ccc(Cl)cc2)no1. The molecule has 1 amide bonds. The number of nitrogens with one attached hydrogen (secondary N) is 1. The number of carbonyl (C=O) groups excluding carboxylic acids is 1. The lowest BCUT2D eigenvalue weighted by molar-refractivity contribution is -0.137. The number of carboxylic acid groups (broad SMARTS) is 1. The minimum atomic E-state index is -1.02. The van der Waals surface area contributed by atoms with Gasteiger partial charge in [-0.3, -0.25) is 9.59 Å². The van der Waals surface area contributed by atoms with Crippen LogP contribution in [0, 0.1) is 0 Å². The Morgan fingerprint density at radius 1 is 1.30 bits per heavy atom. The Hall–Kier alpha value is -2.34. The Labute approximate surface area is 138 Å². The summed E-state index contributed by atoms with van der Waals surface area (Å²) in [6.07, 6.45) is -0.248. The van der Waals surface area contributed by atoms with Gasteiger partial charge in [0.15, 0.2) is 5.69 Å². The van der Waals surface area contributed by atoms with Gasteiger partial charge in [0.25, 0.3) is 5.91 Å². The standard InChI is InChI=1S/C16H17ClN2O4/c1-9(2)14-7-13(19-23-14)16(22)18-12(8-15(20)21)10-3-5-11(17)6-4-10/h3-7,9,12H,8H2,1-2H3,(H,18,22)(H,20,21)/t12-/m0/s1. The Morgan fingerprint density at radius 3 is 2.48 bits per heavy atom. The van der Waals surface area contributed by atoms with Gasteiger partial charge in [-0.2, -0.15) is 0 Å². The molecule has 0 saturated carbocycles. The zero-order valence-electron chi connectivity index (χ0n) is 12.7. The molecule has 0 radical (unpaired) electrons. The van der Waals surface area contributed by atoms with E-state index in [2.05, 4.69) is 10.5 Å². The van der Waals surface area contributed by atoms with Gasteiger partial charge in [-0.1, -0.05) is 42.7 Å². The predicted octanol–water partition coefficient (Wildman–Crippen LogP) is 3.40. The lowest BCUT2D eigenvalue weighted by Gasteiger charge is -2.16. The number of benzene rings is 1. The van der Waals surface area contributed by atoms with Crippen molar-refractivity contribution in [2.24, 2.45) is 0 Å². The fourth-order valence-electron chi connectivity index (χ4n) is 2.02. The molecule has 0 aliphatic heterocycles. The Morgan fingerprint density at radius 2 is 1.96 bits per heavy atom. The van der Waals surface area contributed by atoms with E-state index in [9.17, 15) is 9.59 Å². The number of carbonyl (C=O) groups is 2. The summed E-state index contributed by atoms with van der Waals surface area (Å²) in [5.74, 6) is -0.804. The van der Waals surface area contributed by atoms with Crippen LogP contribution in [0.1, 0.15) is 54.0 Å². The largest absolute Gasteiger partial charge is 0.481 e. The normalized spacial score (nSPS) is 12.2. The van der Waals surface area contributed by atoms with E-state index in [4.69, 9.17) is 21.2 Å². The zero-order chi connectivity index (χ0) is 17.0. The summed E-state index contributed by atoms with van der Waals surface area (Å²) in [7, 11) is 0. The summed E-state index contributed by atoms with van der Waals surface area (Å²) in [5.41, 5.74) is 0.774. The van der Waals surface area contributed by atoms with Crippen LogP contribution < -0.4 is 5.32 Å². The van der Waals surface area contributed by atoms with Gasteiger partial charge in [-0.25, -0.2) is 0 Å². The van der Waals surface area contributed by atoms with E-state index in [0.29, 0.717) is 16.3 Å². The van der Waals surface area contributed by atoms with E-state index in [1.165, 1.54) is 0 Å². The summed E-state index contributed by atoms with van der Waals surface area (Å²) in [6, 6.07) is 7.52. The number of halogens is 1. The number of rotatable bonds is 6. The molecule has 0 spiro atoms. The molecule has 1 aromatic carbocycles. The third kappa shape index (κ3) is 4.56. The Balaban J connectivity index is 2.17. The van der Waals surface area contributed by atoms with Crippen LogP contribution in [0.2, 0.25) is 5.02 Å². The summed E-state index contributed by atoms with van der Waals surface area (Å²) in [4.78, 5) is 23.3. The summed E-state index contributed by atoms with van der Waals surface area (Å²) >= 11 is 5.83. The molecule has 0 unspecified atom stereocenters. The molecule has 0 fully saturated rings. The van der Waals surface area contributed by atoms with Gasteiger partial charge in [0.2, 0.25) is 0 Å². The summed E-state index contributed by atoms with van der Waals surface area (Å²) < 4.78 is 5.09. The number of aromatic nitrogens is 1. The molecular weight excluding hydrogens is 320 g/mol. The van der Waals surface area contributed by atoms with Crippen molar-refractivity contribution in [1.29, 1.82) is 0 Å². The van der Waals surface area contributed by atoms with Crippen LogP contribution in [0.3, 0.4) is 0 Å². The Kier molecular flexibility index (Phi) is 5.39. The van der Waals surface area contributed by atoms with E-state index >= 15 is 0 Å². The third-order valence-corrected chi connectivity index (χ3v) is 3.54. The molecule has 2 N–H and O–H groups in total. The van der Waals surface area contributed by atoms with Crippen molar-refractivity contribution < 1.29 is 19.2 Å². The second-order valence-corrected chi connectivity index (χ2v) is 5.88. The molecule has 0 bridgehead atoms. The number of aliphatic carboxylic acids is 1. The topological polar surface area (TPSA) is 92.4 Å². The zero-order valence-corrected chi connectivity index (χ0v) is 13.5. The van der Waals surface area contributed by atoms with Crippen molar-refractivity contribution in [2.75, 3.05) is 0 Å². The third-order valence-electron chi connectivity index (χ3n) is 3.29. The van der Waals surface area contributed by atoms with Crippen molar-refractivity contribution in [3.8, 4) is 0 Å². The minimum Gasteiger partial charge on any atom is -0.481 e. The van der Waals surface area contributed by atoms with Crippen LogP contribution in [0.25, 0.3) is 0 Å². The van der Waals surface area contributed by atoms with E-state index in [-0.39, 0.29) is 18.0 Å². The van der Waals surface area contributed by atoms with Crippen LogP contribution in [0.15, 0.2) is 34.9 Å². The van der Waals surface area contributed by atoms with Crippen molar-refractivity contribution >= 4 is 23.5 Å². The van der Waals surface area contributed by atoms with Gasteiger partial charge in [0.05, 0.1) is 12.5 Å². The second-order valence-electron chi connectivity index (χ2n) is 5.44. The first kappa shape index (κ1) is 17.0. The van der Waals surface area contributed by atoms with E-state index < -0.39 is 17.9 Å². The first-order valence-corrected chi connectivity index (χ1v) is 7.49. The molecule has 1 heterocycles. The van der Waals surface area contributed by atoms with Crippen molar-refractivity contribution in [2.45, 2.75) is 32.2 Å². The number of nitrogens with zero attached hydrogens (tertiary/aromatic N) is 1. The molecule has 0 aliphatic carbocycles. The number of hydrogen-bond donors (Lipinski definition) is 2. The monoisotopic (exact) mass is 336 g/mol. The smallest absolute Gasteiger partial charge is 0.305 e. The lowest BCUT2D eigenvalue weighted by Crippen LogP contribution is -2.30.